The predicted octanol–water partition coefficient (Wildman–Crippen LogP) is 9.20. The number of nitrogens with zero attached hydrogens (tertiary/aromatic N) is 1. The Kier molecular flexibility index (Phi) is 34.1. The number of unbranched alkanes of at least 4 members (excludes halogenated alkanes) is 25. The molecule has 0 rings (SSSR count). The van der Waals surface area contributed by atoms with E-state index in [1.807, 2.05) is 0 Å². The second-order valence-electron chi connectivity index (χ2n) is 12.4. The van der Waals surface area contributed by atoms with Crippen molar-refractivity contribution in [2.24, 2.45) is 0 Å². The molecule has 0 bridgehead atoms. The van der Waals surface area contributed by atoms with Gasteiger partial charge in [0.05, 0.1) is 26.7 Å². The molecular formula is C35H72ClN. The summed E-state index contributed by atoms with van der Waals surface area (Å²) in [5.41, 5.74) is 0. The Balaban J connectivity index is 0. The molecule has 0 N–H and O–H groups in total. The summed E-state index contributed by atoms with van der Waals surface area (Å²) in [6.45, 7) is 12.5. The van der Waals surface area contributed by atoms with Crippen LogP contribution in [0.1, 0.15) is 187 Å². The van der Waals surface area contributed by atoms with Crippen molar-refractivity contribution in [3.8, 4) is 0 Å². The summed E-state index contributed by atoms with van der Waals surface area (Å²) < 4.78 is 1.22. The van der Waals surface area contributed by atoms with Crippen molar-refractivity contribution >= 4 is 0 Å². The number of hydrogen-bond acceptors (Lipinski definition) is 0. The zero-order valence-corrected chi connectivity index (χ0v) is 27.1. The van der Waals surface area contributed by atoms with Gasteiger partial charge in [-0.3, -0.25) is 0 Å². The quantitative estimate of drug-likeness (QED) is 0.0466. The second kappa shape index (κ2) is 32.2. The van der Waals surface area contributed by atoms with Gasteiger partial charge in [-0.2, -0.15) is 0 Å². The van der Waals surface area contributed by atoms with Gasteiger partial charge in [-0.1, -0.05) is 168 Å². The van der Waals surface area contributed by atoms with E-state index in [1.54, 1.807) is 0 Å². The summed E-state index contributed by atoms with van der Waals surface area (Å²) in [7, 11) is 2.47. The molecule has 1 atom stereocenters. The van der Waals surface area contributed by atoms with E-state index in [9.17, 15) is 0 Å². The highest BCUT2D eigenvalue weighted by Gasteiger charge is 2.18. The van der Waals surface area contributed by atoms with Gasteiger partial charge in [0, 0.05) is 0 Å². The van der Waals surface area contributed by atoms with Crippen molar-refractivity contribution in [1.29, 1.82) is 0 Å². The minimum absolute atomic E-state index is 0. The molecule has 0 radical (unpaired) electrons. The van der Waals surface area contributed by atoms with Gasteiger partial charge in [0.2, 0.25) is 0 Å². The third-order valence-corrected chi connectivity index (χ3v) is 8.42. The van der Waals surface area contributed by atoms with Crippen LogP contribution in [0.3, 0.4) is 0 Å². The molecule has 0 spiro atoms. The number of likely N-dealkylation sites (N-methyl/N-ethyl adjacent to an activating group) is 1. The average molecular weight is 542 g/mol. The molecule has 1 unspecified atom stereocenters. The summed E-state index contributed by atoms with van der Waals surface area (Å²) in [5.74, 6) is 0. The van der Waals surface area contributed by atoms with Crippen molar-refractivity contribution < 1.29 is 16.9 Å². The van der Waals surface area contributed by atoms with Crippen molar-refractivity contribution in [2.75, 3.05) is 26.7 Å². The SMILES string of the molecule is C=CC[N+](C)(CCCCCCCCCCCC)CCCCCCCCCCCCCCCCCCC.[Cl-]. The van der Waals surface area contributed by atoms with Gasteiger partial charge in [-0.15, -0.1) is 0 Å². The lowest BCUT2D eigenvalue weighted by molar-refractivity contribution is -0.904. The van der Waals surface area contributed by atoms with Crippen LogP contribution < -0.4 is 12.4 Å². The maximum absolute atomic E-state index is 4.06. The monoisotopic (exact) mass is 542 g/mol. The lowest BCUT2D eigenvalue weighted by Crippen LogP contribution is -3.00. The van der Waals surface area contributed by atoms with Crippen LogP contribution in [0.25, 0.3) is 0 Å². The van der Waals surface area contributed by atoms with Crippen LogP contribution in [0.15, 0.2) is 12.7 Å². The lowest BCUT2D eigenvalue weighted by Gasteiger charge is -2.34. The molecule has 0 amide bonds. The predicted molar refractivity (Wildman–Crippen MR) is 167 cm³/mol. The van der Waals surface area contributed by atoms with Crippen LogP contribution in [0.2, 0.25) is 0 Å². The third kappa shape index (κ3) is 30.4. The molecular weight excluding hydrogens is 470 g/mol. The molecule has 0 saturated heterocycles. The first kappa shape index (κ1) is 39.1. The van der Waals surface area contributed by atoms with Crippen LogP contribution in [-0.4, -0.2) is 31.2 Å². The van der Waals surface area contributed by atoms with E-state index in [4.69, 9.17) is 0 Å². The van der Waals surface area contributed by atoms with Crippen molar-refractivity contribution in [3.63, 3.8) is 0 Å². The Morgan fingerprint density at radius 3 is 0.838 bits per heavy atom. The van der Waals surface area contributed by atoms with Crippen LogP contribution in [0, 0.1) is 0 Å². The molecule has 0 aromatic heterocycles. The molecule has 0 aliphatic rings. The molecule has 224 valence electrons. The second-order valence-corrected chi connectivity index (χ2v) is 12.4. The molecule has 0 aliphatic heterocycles. The van der Waals surface area contributed by atoms with Gasteiger partial charge in [0.15, 0.2) is 0 Å². The molecule has 0 aliphatic carbocycles. The first-order chi connectivity index (χ1) is 17.7. The number of hydrogen-bond donors (Lipinski definition) is 0. The Bertz CT molecular complexity index is 423. The zero-order valence-electron chi connectivity index (χ0n) is 26.3. The summed E-state index contributed by atoms with van der Waals surface area (Å²) in [6.07, 6.45) is 41.3. The average Bonchev–Trinajstić information content (AvgIpc) is 2.87. The standard InChI is InChI=1S/C35H72N.ClH/c1-5-8-10-12-14-16-18-19-20-21-22-23-24-26-28-30-32-35-36(4,33-7-3)34-31-29-27-25-17-15-13-11-9-6-2;/h7H,3,5-6,8-35H2,1-2,4H3;1H/q+1;/p-1. The smallest absolute Gasteiger partial charge is 0.0969 e. The van der Waals surface area contributed by atoms with Crippen LogP contribution >= 0.6 is 0 Å². The van der Waals surface area contributed by atoms with Crippen molar-refractivity contribution in [1.82, 2.24) is 0 Å². The van der Waals surface area contributed by atoms with Gasteiger partial charge >= 0.3 is 0 Å². The van der Waals surface area contributed by atoms with Crippen LogP contribution in [-0.2, 0) is 0 Å². The summed E-state index contributed by atoms with van der Waals surface area (Å²) >= 11 is 0. The molecule has 2 heteroatoms. The van der Waals surface area contributed by atoms with Gasteiger partial charge in [0.1, 0.15) is 0 Å². The molecule has 0 fully saturated rings. The van der Waals surface area contributed by atoms with Gasteiger partial charge in [-0.25, -0.2) is 0 Å². The summed E-state index contributed by atoms with van der Waals surface area (Å²) in [6, 6.07) is 0. The van der Waals surface area contributed by atoms with Crippen LogP contribution in [0.4, 0.5) is 0 Å². The minimum atomic E-state index is 0. The molecule has 0 heterocycles. The highest BCUT2D eigenvalue weighted by Crippen LogP contribution is 2.16. The Hall–Kier alpha value is -0.0100. The van der Waals surface area contributed by atoms with E-state index < -0.39 is 0 Å². The highest BCUT2D eigenvalue weighted by atomic mass is 35.5. The number of rotatable bonds is 31. The van der Waals surface area contributed by atoms with Gasteiger partial charge < -0.3 is 16.9 Å². The van der Waals surface area contributed by atoms with Gasteiger partial charge in [-0.05, 0) is 31.8 Å². The first-order valence-corrected chi connectivity index (χ1v) is 17.1. The minimum Gasteiger partial charge on any atom is -1.00 e. The fraction of sp³-hybridized carbons (Fsp3) is 0.943. The van der Waals surface area contributed by atoms with E-state index in [0.29, 0.717) is 0 Å². The number of halogens is 1. The van der Waals surface area contributed by atoms with Gasteiger partial charge in [0.25, 0.3) is 0 Å². The molecule has 1 nitrogen and oxygen atoms in total. The zero-order chi connectivity index (χ0) is 26.4. The fourth-order valence-electron chi connectivity index (χ4n) is 5.81. The fourth-order valence-corrected chi connectivity index (χ4v) is 5.81. The molecule has 0 aromatic carbocycles. The maximum atomic E-state index is 4.06. The highest BCUT2D eigenvalue weighted by molar-refractivity contribution is 4.65. The Morgan fingerprint density at radius 1 is 0.405 bits per heavy atom. The van der Waals surface area contributed by atoms with Crippen molar-refractivity contribution in [2.45, 2.75) is 187 Å². The Morgan fingerprint density at radius 2 is 0.622 bits per heavy atom. The first-order valence-electron chi connectivity index (χ1n) is 17.1. The maximum Gasteiger partial charge on any atom is 0.0969 e. The third-order valence-electron chi connectivity index (χ3n) is 8.42. The van der Waals surface area contributed by atoms with E-state index in [-0.39, 0.29) is 12.4 Å². The molecule has 0 aromatic rings. The van der Waals surface area contributed by atoms with Crippen LogP contribution in [0.5, 0.6) is 0 Å². The van der Waals surface area contributed by atoms with Crippen molar-refractivity contribution in [3.05, 3.63) is 12.7 Å². The van der Waals surface area contributed by atoms with E-state index in [0.717, 1.165) is 6.54 Å². The van der Waals surface area contributed by atoms with E-state index >= 15 is 0 Å². The van der Waals surface area contributed by atoms with E-state index in [1.165, 1.54) is 191 Å². The Labute approximate surface area is 243 Å². The normalized spacial score (nSPS) is 12.8. The number of quaternary nitrogens is 1. The summed E-state index contributed by atoms with van der Waals surface area (Å²) in [4.78, 5) is 0. The topological polar surface area (TPSA) is 0 Å². The molecule has 37 heavy (non-hydrogen) atoms. The lowest BCUT2D eigenvalue weighted by atomic mass is 10.0. The van der Waals surface area contributed by atoms with E-state index in [2.05, 4.69) is 33.6 Å². The summed E-state index contributed by atoms with van der Waals surface area (Å²) in [5, 5.41) is 0. The largest absolute Gasteiger partial charge is 1.00 e. The molecule has 0 saturated carbocycles.